The maximum Gasteiger partial charge on any atom is 0.354 e. The lowest BCUT2D eigenvalue weighted by molar-refractivity contribution is -0.137. The molecule has 1 aromatic carbocycles. The monoisotopic (exact) mass is 494 g/mol. The first-order valence-corrected chi connectivity index (χ1v) is 12.4. The van der Waals surface area contributed by atoms with Crippen molar-refractivity contribution in [2.45, 2.75) is 25.9 Å². The number of rotatable bonds is 5. The number of likely N-dealkylation sites (tertiary alicyclic amines) is 1. The topological polar surface area (TPSA) is 129 Å². The average Bonchev–Trinajstić information content (AvgIpc) is 2.79. The first kappa shape index (κ1) is 24.4. The highest BCUT2D eigenvalue weighted by molar-refractivity contribution is 5.89. The maximum absolute atomic E-state index is 12.7. The third-order valence-electron chi connectivity index (χ3n) is 7.18. The maximum atomic E-state index is 12.7. The largest absolute Gasteiger partial charge is 0.354 e. The van der Waals surface area contributed by atoms with Gasteiger partial charge in [-0.2, -0.15) is 4.98 Å². The van der Waals surface area contributed by atoms with E-state index in [-0.39, 0.29) is 17.8 Å². The summed E-state index contributed by atoms with van der Waals surface area (Å²) in [7, 11) is 0. The molecule has 1 spiro atoms. The predicted octanol–water partition coefficient (Wildman–Crippen LogP) is 0.0511. The second-order valence-electron chi connectivity index (χ2n) is 10.8. The lowest BCUT2D eigenvalue weighted by atomic mass is 9.74. The minimum absolute atomic E-state index is 0.138. The second-order valence-corrected chi connectivity index (χ2v) is 10.8. The minimum atomic E-state index is -0.940. The van der Waals surface area contributed by atoms with Gasteiger partial charge in [0.05, 0.1) is 11.2 Å². The first-order valence-electron chi connectivity index (χ1n) is 12.4. The van der Waals surface area contributed by atoms with Crippen LogP contribution in [-0.4, -0.2) is 94.1 Å². The molecule has 0 unspecified atom stereocenters. The molecule has 11 nitrogen and oxygen atoms in total. The summed E-state index contributed by atoms with van der Waals surface area (Å²) in [5, 5.41) is 6.04. The number of aromatic nitrogens is 2. The van der Waals surface area contributed by atoms with Crippen molar-refractivity contribution in [1.82, 2.24) is 29.6 Å². The van der Waals surface area contributed by atoms with Gasteiger partial charge in [-0.1, -0.05) is 12.1 Å². The zero-order valence-corrected chi connectivity index (χ0v) is 20.9. The van der Waals surface area contributed by atoms with Gasteiger partial charge in [-0.15, -0.1) is 0 Å². The van der Waals surface area contributed by atoms with E-state index in [1.165, 1.54) is 10.1 Å². The molecule has 3 saturated heterocycles. The fourth-order valence-electron chi connectivity index (χ4n) is 5.11. The van der Waals surface area contributed by atoms with Crippen molar-refractivity contribution >= 4 is 17.8 Å². The lowest BCUT2D eigenvalue weighted by Crippen LogP contribution is -2.70. The number of nitrogens with zero attached hydrogens (tertiary/aromatic N) is 5. The Labute approximate surface area is 210 Å². The summed E-state index contributed by atoms with van der Waals surface area (Å²) in [4.78, 5) is 47.4. The Kier molecular flexibility index (Phi) is 6.31. The van der Waals surface area contributed by atoms with Gasteiger partial charge in [0, 0.05) is 70.5 Å². The number of amides is 3. The summed E-state index contributed by atoms with van der Waals surface area (Å²) in [6.45, 7) is 10.4. The average molecular weight is 495 g/mol. The Morgan fingerprint density at radius 2 is 1.69 bits per heavy atom. The van der Waals surface area contributed by atoms with Gasteiger partial charge in [-0.3, -0.25) is 19.6 Å². The molecule has 3 aliphatic heterocycles. The van der Waals surface area contributed by atoms with Gasteiger partial charge in [0.15, 0.2) is 0 Å². The minimum Gasteiger partial charge on any atom is -0.338 e. The van der Waals surface area contributed by atoms with Gasteiger partial charge in [0.2, 0.25) is 5.91 Å². The highest BCUT2D eigenvalue weighted by Gasteiger charge is 2.47. The molecule has 11 heteroatoms. The van der Waals surface area contributed by atoms with Crippen LogP contribution in [0.1, 0.15) is 19.4 Å². The molecule has 36 heavy (non-hydrogen) atoms. The molecule has 2 aromatic rings. The molecule has 3 aliphatic rings. The zero-order valence-electron chi connectivity index (χ0n) is 20.9. The van der Waals surface area contributed by atoms with Crippen LogP contribution in [0.15, 0.2) is 41.3 Å². The molecule has 0 atom stereocenters. The number of carbonyl (C=O) groups is 2. The number of urea groups is 1. The highest BCUT2D eigenvalue weighted by Crippen LogP contribution is 2.34. The smallest absolute Gasteiger partial charge is 0.338 e. The number of benzene rings is 1. The summed E-state index contributed by atoms with van der Waals surface area (Å²) in [6, 6.07) is 9.17. The molecule has 0 aliphatic carbocycles. The third-order valence-corrected chi connectivity index (χ3v) is 7.18. The van der Waals surface area contributed by atoms with Gasteiger partial charge in [0.25, 0.3) is 0 Å². The van der Waals surface area contributed by atoms with E-state index in [2.05, 4.69) is 20.5 Å². The molecular formula is C25H34N8O3. The molecule has 3 fully saturated rings. The summed E-state index contributed by atoms with van der Waals surface area (Å²) in [5.41, 5.74) is 6.93. The van der Waals surface area contributed by atoms with Gasteiger partial charge in [0.1, 0.15) is 5.82 Å². The summed E-state index contributed by atoms with van der Waals surface area (Å²) >= 11 is 0. The van der Waals surface area contributed by atoms with E-state index in [4.69, 9.17) is 5.73 Å². The van der Waals surface area contributed by atoms with E-state index in [9.17, 15) is 14.4 Å². The van der Waals surface area contributed by atoms with Crippen molar-refractivity contribution in [3.63, 3.8) is 0 Å². The van der Waals surface area contributed by atoms with Crippen molar-refractivity contribution in [1.29, 1.82) is 0 Å². The van der Waals surface area contributed by atoms with Crippen LogP contribution in [0.5, 0.6) is 0 Å². The number of hydrogen-bond donors (Lipinski definition) is 3. The predicted molar refractivity (Wildman–Crippen MR) is 136 cm³/mol. The van der Waals surface area contributed by atoms with Crippen molar-refractivity contribution in [2.75, 3.05) is 57.7 Å². The summed E-state index contributed by atoms with van der Waals surface area (Å²) in [5.74, 6) is 0.0534. The molecule has 4 heterocycles. The lowest BCUT2D eigenvalue weighted by Gasteiger charge is -2.56. The molecule has 5 rings (SSSR count). The molecule has 192 valence electrons. The van der Waals surface area contributed by atoms with E-state index in [1.807, 2.05) is 24.3 Å². The summed E-state index contributed by atoms with van der Waals surface area (Å²) < 4.78 is 1.46. The van der Waals surface area contributed by atoms with Crippen LogP contribution in [0.2, 0.25) is 0 Å². The molecule has 3 amide bonds. The molecule has 1 aromatic heterocycles. The van der Waals surface area contributed by atoms with E-state index >= 15 is 0 Å². The van der Waals surface area contributed by atoms with Crippen molar-refractivity contribution in [3.8, 4) is 5.69 Å². The molecule has 0 radical (unpaired) electrons. The standard InChI is InChI=1S/C25H34N8O3/c1-24(2,26)21(34)31-9-11-32(12-10-31)22(35)28-20-7-8-33(23(36)29-20)19-5-3-18(4-6-19)13-30-16-25(17-30)14-27-15-25/h3-8,27H,9-17,26H2,1-2H3,(H,28,29,35,36). The molecule has 0 bridgehead atoms. The Morgan fingerprint density at radius 3 is 2.25 bits per heavy atom. The number of anilines is 1. The van der Waals surface area contributed by atoms with Crippen LogP contribution in [-0.2, 0) is 11.3 Å². The van der Waals surface area contributed by atoms with Crippen molar-refractivity contribution in [2.24, 2.45) is 11.1 Å². The highest BCUT2D eigenvalue weighted by atomic mass is 16.2. The molecular weight excluding hydrogens is 460 g/mol. The Balaban J connectivity index is 1.14. The zero-order chi connectivity index (χ0) is 25.5. The summed E-state index contributed by atoms with van der Waals surface area (Å²) in [6.07, 6.45) is 1.61. The number of carbonyl (C=O) groups excluding carboxylic acids is 2. The Morgan fingerprint density at radius 1 is 1.06 bits per heavy atom. The van der Waals surface area contributed by atoms with Gasteiger partial charge in [-0.25, -0.2) is 9.59 Å². The quantitative estimate of drug-likeness (QED) is 0.536. The fourth-order valence-corrected chi connectivity index (χ4v) is 5.11. The van der Waals surface area contributed by atoms with E-state index in [0.29, 0.717) is 31.6 Å². The fraction of sp³-hybridized carbons (Fsp3) is 0.520. The van der Waals surface area contributed by atoms with Crippen molar-refractivity contribution in [3.05, 3.63) is 52.6 Å². The van der Waals surface area contributed by atoms with Crippen LogP contribution in [0, 0.1) is 5.41 Å². The van der Waals surface area contributed by atoms with E-state index < -0.39 is 11.2 Å². The number of piperazine rings is 1. The SMILES string of the molecule is CC(C)(N)C(=O)N1CCN(C(=O)Nc2ccn(-c3ccc(CN4CC5(CNC5)C4)cc3)c(=O)n2)CC1. The van der Waals surface area contributed by atoms with Crippen LogP contribution >= 0.6 is 0 Å². The van der Waals surface area contributed by atoms with Crippen molar-refractivity contribution < 1.29 is 9.59 Å². The Hall–Kier alpha value is -3.28. The van der Waals surface area contributed by atoms with E-state index in [1.54, 1.807) is 35.9 Å². The van der Waals surface area contributed by atoms with E-state index in [0.717, 1.165) is 38.4 Å². The second kappa shape index (κ2) is 9.30. The van der Waals surface area contributed by atoms with Crippen LogP contribution < -0.4 is 22.1 Å². The van der Waals surface area contributed by atoms with Crippen LogP contribution in [0.4, 0.5) is 10.6 Å². The number of nitrogens with two attached hydrogens (primary N) is 1. The third kappa shape index (κ3) is 4.99. The van der Waals surface area contributed by atoms with Crippen LogP contribution in [0.25, 0.3) is 5.69 Å². The molecule has 0 saturated carbocycles. The van der Waals surface area contributed by atoms with Gasteiger partial charge >= 0.3 is 11.7 Å². The van der Waals surface area contributed by atoms with Crippen LogP contribution in [0.3, 0.4) is 0 Å². The molecule has 4 N–H and O–H groups in total. The Bertz CT molecular complexity index is 1180. The first-order chi connectivity index (χ1) is 17.1. The van der Waals surface area contributed by atoms with Gasteiger partial charge < -0.3 is 20.9 Å². The normalized spacial score (nSPS) is 19.5. The number of hydrogen-bond acceptors (Lipinski definition) is 7. The van der Waals surface area contributed by atoms with Gasteiger partial charge in [-0.05, 0) is 37.6 Å². The number of nitrogens with one attached hydrogen (secondary N) is 2.